The van der Waals surface area contributed by atoms with Crippen LogP contribution in [0.2, 0.25) is 0 Å². The van der Waals surface area contributed by atoms with Crippen molar-refractivity contribution < 1.29 is 14.3 Å². The molecule has 0 aromatic heterocycles. The Balaban J connectivity index is 1.87. The van der Waals surface area contributed by atoms with E-state index < -0.39 is 0 Å². The predicted octanol–water partition coefficient (Wildman–Crippen LogP) is 2.65. The lowest BCUT2D eigenvalue weighted by Crippen LogP contribution is -2.37. The second kappa shape index (κ2) is 8.67. The van der Waals surface area contributed by atoms with Crippen LogP contribution >= 0.6 is 0 Å². The van der Waals surface area contributed by atoms with Crippen LogP contribution in [0.3, 0.4) is 0 Å². The molecule has 0 aliphatic rings. The normalized spacial score (nSPS) is 9.92. The van der Waals surface area contributed by atoms with Gasteiger partial charge in [0.2, 0.25) is 5.91 Å². The molecular weight excluding hydrogens is 330 g/mol. The zero-order valence-corrected chi connectivity index (χ0v) is 15.1. The molecular formula is C20H21N3O3. The van der Waals surface area contributed by atoms with Crippen molar-refractivity contribution >= 4 is 17.5 Å². The number of nitrogens with zero attached hydrogens (tertiary/aromatic N) is 2. The maximum absolute atomic E-state index is 12.2. The average Bonchev–Trinajstić information content (AvgIpc) is 2.62. The molecule has 0 aliphatic heterocycles. The molecule has 26 heavy (non-hydrogen) atoms. The summed E-state index contributed by atoms with van der Waals surface area (Å²) in [6, 6.07) is 14.4. The number of amides is 2. The highest BCUT2D eigenvalue weighted by Crippen LogP contribution is 2.16. The lowest BCUT2D eigenvalue weighted by atomic mass is 10.1. The molecule has 0 spiro atoms. The summed E-state index contributed by atoms with van der Waals surface area (Å²) < 4.78 is 5.39. The van der Waals surface area contributed by atoms with E-state index in [1.807, 2.05) is 38.1 Å². The first-order valence-electron chi connectivity index (χ1n) is 8.13. The molecule has 0 radical (unpaired) electrons. The van der Waals surface area contributed by atoms with Gasteiger partial charge in [0.05, 0.1) is 18.2 Å². The Hall–Kier alpha value is -3.33. The number of hydrogen-bond acceptors (Lipinski definition) is 4. The fourth-order valence-electron chi connectivity index (χ4n) is 2.27. The number of benzene rings is 2. The fourth-order valence-corrected chi connectivity index (χ4v) is 2.27. The average molecular weight is 351 g/mol. The lowest BCUT2D eigenvalue weighted by Gasteiger charge is -2.18. The number of anilines is 1. The van der Waals surface area contributed by atoms with Gasteiger partial charge in [-0.2, -0.15) is 5.26 Å². The molecule has 0 bridgehead atoms. The van der Waals surface area contributed by atoms with Crippen molar-refractivity contribution in [2.24, 2.45) is 0 Å². The van der Waals surface area contributed by atoms with E-state index in [0.29, 0.717) is 11.3 Å². The van der Waals surface area contributed by atoms with E-state index in [0.717, 1.165) is 16.8 Å². The number of hydrogen-bond donors (Lipinski definition) is 1. The van der Waals surface area contributed by atoms with Gasteiger partial charge in [-0.15, -0.1) is 0 Å². The van der Waals surface area contributed by atoms with Crippen LogP contribution in [-0.4, -0.2) is 36.9 Å². The van der Waals surface area contributed by atoms with E-state index in [4.69, 9.17) is 10.00 Å². The number of carbonyl (C=O) groups excluding carboxylic acids is 2. The Labute approximate surface area is 153 Å². The molecule has 134 valence electrons. The maximum Gasteiger partial charge on any atom is 0.260 e. The Morgan fingerprint density at radius 1 is 1.19 bits per heavy atom. The summed E-state index contributed by atoms with van der Waals surface area (Å²) in [5.74, 6) is -0.171. The van der Waals surface area contributed by atoms with E-state index >= 15 is 0 Å². The largest absolute Gasteiger partial charge is 0.484 e. The van der Waals surface area contributed by atoms with Crippen LogP contribution in [0.4, 0.5) is 5.69 Å². The number of carbonyl (C=O) groups is 2. The van der Waals surface area contributed by atoms with Gasteiger partial charge in [-0.05, 0) is 49.2 Å². The van der Waals surface area contributed by atoms with Crippen LogP contribution in [0.1, 0.15) is 16.7 Å². The smallest absolute Gasteiger partial charge is 0.260 e. The highest BCUT2D eigenvalue weighted by Gasteiger charge is 2.14. The predicted molar refractivity (Wildman–Crippen MR) is 98.8 cm³/mol. The number of ether oxygens (including phenoxy) is 1. The molecule has 0 heterocycles. The molecule has 0 atom stereocenters. The van der Waals surface area contributed by atoms with Crippen molar-refractivity contribution in [1.82, 2.24) is 4.90 Å². The van der Waals surface area contributed by atoms with Gasteiger partial charge in [0, 0.05) is 12.7 Å². The van der Waals surface area contributed by atoms with E-state index in [-0.39, 0.29) is 25.0 Å². The monoisotopic (exact) mass is 351 g/mol. The van der Waals surface area contributed by atoms with Crippen molar-refractivity contribution in [2.75, 3.05) is 25.5 Å². The summed E-state index contributed by atoms with van der Waals surface area (Å²) in [5.41, 5.74) is 3.19. The zero-order valence-electron chi connectivity index (χ0n) is 15.1. The Kier molecular flexibility index (Phi) is 6.34. The van der Waals surface area contributed by atoms with Crippen LogP contribution in [0.25, 0.3) is 0 Å². The number of aryl methyl sites for hydroxylation is 2. The van der Waals surface area contributed by atoms with Crippen LogP contribution < -0.4 is 10.1 Å². The Bertz CT molecular complexity index is 856. The summed E-state index contributed by atoms with van der Waals surface area (Å²) in [6.45, 7) is 3.58. The highest BCUT2D eigenvalue weighted by molar-refractivity contribution is 5.95. The van der Waals surface area contributed by atoms with Gasteiger partial charge in [0.1, 0.15) is 5.75 Å². The molecule has 1 N–H and O–H groups in total. The van der Waals surface area contributed by atoms with Crippen molar-refractivity contribution in [3.8, 4) is 11.8 Å². The summed E-state index contributed by atoms with van der Waals surface area (Å²) in [7, 11) is 1.54. The number of likely N-dealkylation sites (N-methyl/N-ethyl adjacent to an activating group) is 1. The van der Waals surface area contributed by atoms with Gasteiger partial charge in [-0.25, -0.2) is 0 Å². The van der Waals surface area contributed by atoms with Gasteiger partial charge in [0.15, 0.2) is 6.61 Å². The first-order chi connectivity index (χ1) is 12.4. The molecule has 2 amide bonds. The van der Waals surface area contributed by atoms with E-state index in [9.17, 15) is 9.59 Å². The van der Waals surface area contributed by atoms with Crippen LogP contribution in [0.5, 0.6) is 5.75 Å². The summed E-state index contributed by atoms with van der Waals surface area (Å²) in [4.78, 5) is 25.6. The molecule has 2 rings (SSSR count). The molecule has 6 heteroatoms. The molecule has 6 nitrogen and oxygen atoms in total. The number of nitrogens with one attached hydrogen (secondary N) is 1. The van der Waals surface area contributed by atoms with Gasteiger partial charge < -0.3 is 15.0 Å². The Morgan fingerprint density at radius 3 is 2.69 bits per heavy atom. The van der Waals surface area contributed by atoms with Crippen LogP contribution in [0, 0.1) is 25.2 Å². The minimum atomic E-state index is -0.330. The fraction of sp³-hybridized carbons (Fsp3) is 0.250. The third-order valence-corrected chi connectivity index (χ3v) is 3.80. The molecule has 0 fully saturated rings. The van der Waals surface area contributed by atoms with Crippen LogP contribution in [0.15, 0.2) is 42.5 Å². The molecule has 0 saturated carbocycles. The highest BCUT2D eigenvalue weighted by atomic mass is 16.5. The molecule has 0 saturated heterocycles. The van der Waals surface area contributed by atoms with Gasteiger partial charge in [-0.1, -0.05) is 18.2 Å². The van der Waals surface area contributed by atoms with E-state index in [2.05, 4.69) is 5.32 Å². The minimum Gasteiger partial charge on any atom is -0.484 e. The van der Waals surface area contributed by atoms with E-state index in [1.54, 1.807) is 31.3 Å². The molecule has 0 aliphatic carbocycles. The number of rotatable bonds is 6. The maximum atomic E-state index is 12.2. The number of nitriles is 1. The second-order valence-electron chi connectivity index (χ2n) is 6.04. The Morgan fingerprint density at radius 2 is 1.96 bits per heavy atom. The summed E-state index contributed by atoms with van der Waals surface area (Å²) >= 11 is 0. The van der Waals surface area contributed by atoms with Gasteiger partial charge in [0.25, 0.3) is 5.91 Å². The second-order valence-corrected chi connectivity index (χ2v) is 6.04. The van der Waals surface area contributed by atoms with Crippen molar-refractivity contribution in [1.29, 1.82) is 5.26 Å². The summed E-state index contributed by atoms with van der Waals surface area (Å²) in [6.07, 6.45) is 0. The van der Waals surface area contributed by atoms with Crippen molar-refractivity contribution in [2.45, 2.75) is 13.8 Å². The van der Waals surface area contributed by atoms with Crippen molar-refractivity contribution in [3.05, 3.63) is 59.2 Å². The first kappa shape index (κ1) is 19.0. The topological polar surface area (TPSA) is 82.4 Å². The molecule has 2 aromatic rings. The SMILES string of the molecule is Cc1ccc(C)c(NC(=O)CN(C)C(=O)COc2cccc(C#N)c2)c1. The zero-order chi connectivity index (χ0) is 19.1. The van der Waals surface area contributed by atoms with Gasteiger partial charge >= 0.3 is 0 Å². The third-order valence-electron chi connectivity index (χ3n) is 3.80. The minimum absolute atomic E-state index is 0.0756. The van der Waals surface area contributed by atoms with Gasteiger partial charge in [-0.3, -0.25) is 9.59 Å². The summed E-state index contributed by atoms with van der Waals surface area (Å²) in [5, 5.41) is 11.7. The van der Waals surface area contributed by atoms with Crippen molar-refractivity contribution in [3.63, 3.8) is 0 Å². The molecule has 0 unspecified atom stereocenters. The first-order valence-corrected chi connectivity index (χ1v) is 8.13. The van der Waals surface area contributed by atoms with Crippen LogP contribution in [-0.2, 0) is 9.59 Å². The lowest BCUT2D eigenvalue weighted by molar-refractivity contribution is -0.135. The standard InChI is InChI=1S/C20H21N3O3/c1-14-7-8-15(2)18(9-14)22-19(24)12-23(3)20(25)13-26-17-6-4-5-16(10-17)11-21/h4-10H,12-13H2,1-3H3,(H,22,24). The molecule has 2 aromatic carbocycles. The third kappa shape index (κ3) is 5.35. The van der Waals surface area contributed by atoms with E-state index in [1.165, 1.54) is 4.90 Å². The quantitative estimate of drug-likeness (QED) is 0.867.